The quantitative estimate of drug-likeness (QED) is 0.366. The number of nitrogens with one attached hydrogen (secondary N) is 2. The second kappa shape index (κ2) is 10.1. The molecule has 0 aromatic rings. The molecule has 0 heterocycles. The lowest BCUT2D eigenvalue weighted by atomic mass is 9.86. The summed E-state index contributed by atoms with van der Waals surface area (Å²) in [7, 11) is 5.77. The lowest BCUT2D eigenvalue weighted by Gasteiger charge is -2.22. The minimum atomic E-state index is 0.837. The predicted octanol–water partition coefficient (Wildman–Crippen LogP) is 1.95. The van der Waals surface area contributed by atoms with Crippen LogP contribution in [-0.2, 0) is 4.74 Å². The average molecular weight is 325 g/mol. The topological polar surface area (TPSA) is 48.9 Å². The Morgan fingerprint density at radius 3 is 2.65 bits per heavy atom. The highest BCUT2D eigenvalue weighted by Crippen LogP contribution is 2.49. The summed E-state index contributed by atoms with van der Waals surface area (Å²) in [6.45, 7) is 4.92. The first-order valence-electron chi connectivity index (χ1n) is 9.35. The zero-order chi connectivity index (χ0) is 16.5. The third-order valence-corrected chi connectivity index (χ3v) is 5.59. The molecule has 2 rings (SSSR count). The Morgan fingerprint density at radius 1 is 1.17 bits per heavy atom. The molecular formula is C18H36N4O. The lowest BCUT2D eigenvalue weighted by Crippen LogP contribution is -2.41. The van der Waals surface area contributed by atoms with Crippen molar-refractivity contribution in [1.29, 1.82) is 0 Å². The molecule has 2 bridgehead atoms. The predicted molar refractivity (Wildman–Crippen MR) is 96.9 cm³/mol. The summed E-state index contributed by atoms with van der Waals surface area (Å²) in [5.41, 5.74) is 0. The van der Waals surface area contributed by atoms with Gasteiger partial charge in [0.25, 0.3) is 0 Å². The number of fused-ring (bicyclic) bond motifs is 2. The van der Waals surface area contributed by atoms with Gasteiger partial charge in [0.15, 0.2) is 5.96 Å². The fourth-order valence-electron chi connectivity index (χ4n) is 4.28. The number of rotatable bonds is 10. The fourth-order valence-corrected chi connectivity index (χ4v) is 4.28. The van der Waals surface area contributed by atoms with Crippen LogP contribution in [0.1, 0.15) is 38.5 Å². The fraction of sp³-hybridized carbons (Fsp3) is 0.944. The molecule has 2 fully saturated rings. The smallest absolute Gasteiger partial charge is 0.191 e. The third-order valence-electron chi connectivity index (χ3n) is 5.59. The highest BCUT2D eigenvalue weighted by Gasteiger charge is 2.38. The van der Waals surface area contributed by atoms with E-state index in [9.17, 15) is 0 Å². The van der Waals surface area contributed by atoms with E-state index in [1.165, 1.54) is 32.1 Å². The molecule has 134 valence electrons. The van der Waals surface area contributed by atoms with Crippen LogP contribution in [0.25, 0.3) is 0 Å². The maximum atomic E-state index is 5.09. The molecule has 0 aromatic carbocycles. The number of guanidine groups is 1. The largest absolute Gasteiger partial charge is 0.385 e. The van der Waals surface area contributed by atoms with Crippen molar-refractivity contribution in [3.05, 3.63) is 0 Å². The summed E-state index contributed by atoms with van der Waals surface area (Å²) in [4.78, 5) is 6.66. The van der Waals surface area contributed by atoms with Gasteiger partial charge in [-0.15, -0.1) is 0 Å². The molecule has 0 amide bonds. The molecular weight excluding hydrogens is 288 g/mol. The standard InChI is InChI=1S/C18H36N4O/c1-19-18(21-9-11-22(2)10-4-12-23-3)20-8-7-17-14-15-5-6-16(17)13-15/h15-17H,4-14H2,1-3H3,(H2,19,20,21). The lowest BCUT2D eigenvalue weighted by molar-refractivity contribution is 0.180. The van der Waals surface area contributed by atoms with Gasteiger partial charge in [-0.1, -0.05) is 6.42 Å². The Balaban J connectivity index is 1.51. The summed E-state index contributed by atoms with van der Waals surface area (Å²) in [5, 5.41) is 6.90. The zero-order valence-corrected chi connectivity index (χ0v) is 15.3. The first-order chi connectivity index (χ1) is 11.2. The van der Waals surface area contributed by atoms with E-state index in [0.29, 0.717) is 0 Å². The van der Waals surface area contributed by atoms with Crippen LogP contribution in [0, 0.1) is 17.8 Å². The van der Waals surface area contributed by atoms with Gasteiger partial charge in [-0.05, 0) is 56.9 Å². The molecule has 5 heteroatoms. The average Bonchev–Trinajstić information content (AvgIpc) is 3.16. The molecule has 2 aliphatic rings. The third kappa shape index (κ3) is 6.30. The summed E-state index contributed by atoms with van der Waals surface area (Å²) in [6, 6.07) is 0. The summed E-state index contributed by atoms with van der Waals surface area (Å²) < 4.78 is 5.09. The van der Waals surface area contributed by atoms with Crippen LogP contribution in [0.15, 0.2) is 4.99 Å². The van der Waals surface area contributed by atoms with E-state index in [1.807, 2.05) is 7.05 Å². The molecule has 0 spiro atoms. The molecule has 5 nitrogen and oxygen atoms in total. The van der Waals surface area contributed by atoms with E-state index < -0.39 is 0 Å². The molecule has 3 atom stereocenters. The van der Waals surface area contributed by atoms with Gasteiger partial charge < -0.3 is 20.3 Å². The molecule has 2 saturated carbocycles. The summed E-state index contributed by atoms with van der Waals surface area (Å²) in [6.07, 6.45) is 8.35. The van der Waals surface area contributed by atoms with Crippen molar-refractivity contribution in [2.45, 2.75) is 38.5 Å². The van der Waals surface area contributed by atoms with E-state index >= 15 is 0 Å². The van der Waals surface area contributed by atoms with Crippen LogP contribution >= 0.6 is 0 Å². The van der Waals surface area contributed by atoms with Crippen molar-refractivity contribution in [1.82, 2.24) is 15.5 Å². The van der Waals surface area contributed by atoms with E-state index in [2.05, 4.69) is 27.6 Å². The van der Waals surface area contributed by atoms with Crippen LogP contribution in [0.5, 0.6) is 0 Å². The number of aliphatic imine (C=N–C) groups is 1. The van der Waals surface area contributed by atoms with Gasteiger partial charge in [0.2, 0.25) is 0 Å². The van der Waals surface area contributed by atoms with Crippen molar-refractivity contribution < 1.29 is 4.74 Å². The first kappa shape index (κ1) is 18.5. The molecule has 0 aliphatic heterocycles. The zero-order valence-electron chi connectivity index (χ0n) is 15.3. The first-order valence-corrected chi connectivity index (χ1v) is 9.35. The van der Waals surface area contributed by atoms with Crippen LogP contribution < -0.4 is 10.6 Å². The number of ether oxygens (including phenoxy) is 1. The number of hydrogen-bond acceptors (Lipinski definition) is 3. The summed E-state index contributed by atoms with van der Waals surface area (Å²) in [5.74, 6) is 3.98. The van der Waals surface area contributed by atoms with E-state index in [-0.39, 0.29) is 0 Å². The van der Waals surface area contributed by atoms with E-state index in [4.69, 9.17) is 4.74 Å². The number of likely N-dealkylation sites (N-methyl/N-ethyl adjacent to an activating group) is 1. The SMILES string of the molecule is CN=C(NCCC1CC2CCC1C2)NCCN(C)CCCOC. The van der Waals surface area contributed by atoms with Crippen molar-refractivity contribution in [3.63, 3.8) is 0 Å². The van der Waals surface area contributed by atoms with Crippen molar-refractivity contribution in [2.24, 2.45) is 22.7 Å². The van der Waals surface area contributed by atoms with Gasteiger partial charge in [0, 0.05) is 46.9 Å². The number of methoxy groups -OCH3 is 1. The molecule has 2 aliphatic carbocycles. The van der Waals surface area contributed by atoms with Crippen LogP contribution in [-0.4, -0.2) is 64.9 Å². The maximum absolute atomic E-state index is 5.09. The van der Waals surface area contributed by atoms with Crippen LogP contribution in [0.4, 0.5) is 0 Å². The Kier molecular flexibility index (Phi) is 8.17. The minimum absolute atomic E-state index is 0.837. The van der Waals surface area contributed by atoms with E-state index in [1.54, 1.807) is 7.11 Å². The monoisotopic (exact) mass is 324 g/mol. The minimum Gasteiger partial charge on any atom is -0.385 e. The van der Waals surface area contributed by atoms with Crippen LogP contribution in [0.3, 0.4) is 0 Å². The number of hydrogen-bond donors (Lipinski definition) is 2. The Bertz CT molecular complexity index is 361. The highest BCUT2D eigenvalue weighted by molar-refractivity contribution is 5.79. The Labute approximate surface area is 142 Å². The Hall–Kier alpha value is -0.810. The molecule has 0 aromatic heterocycles. The second-order valence-corrected chi connectivity index (χ2v) is 7.30. The van der Waals surface area contributed by atoms with Gasteiger partial charge in [-0.25, -0.2) is 0 Å². The van der Waals surface area contributed by atoms with Gasteiger partial charge in [0.05, 0.1) is 0 Å². The van der Waals surface area contributed by atoms with Gasteiger partial charge in [-0.2, -0.15) is 0 Å². The second-order valence-electron chi connectivity index (χ2n) is 7.30. The normalized spacial score (nSPS) is 27.0. The van der Waals surface area contributed by atoms with Gasteiger partial charge in [0.1, 0.15) is 0 Å². The molecule has 2 N–H and O–H groups in total. The Morgan fingerprint density at radius 2 is 2.00 bits per heavy atom. The van der Waals surface area contributed by atoms with Gasteiger partial charge in [-0.3, -0.25) is 4.99 Å². The van der Waals surface area contributed by atoms with Crippen molar-refractivity contribution in [2.75, 3.05) is 54.0 Å². The highest BCUT2D eigenvalue weighted by atomic mass is 16.5. The van der Waals surface area contributed by atoms with Crippen molar-refractivity contribution in [3.8, 4) is 0 Å². The van der Waals surface area contributed by atoms with E-state index in [0.717, 1.165) is 62.9 Å². The maximum Gasteiger partial charge on any atom is 0.191 e. The van der Waals surface area contributed by atoms with Crippen molar-refractivity contribution >= 4 is 5.96 Å². The molecule has 0 radical (unpaired) electrons. The molecule has 23 heavy (non-hydrogen) atoms. The molecule has 3 unspecified atom stereocenters. The van der Waals surface area contributed by atoms with Crippen LogP contribution in [0.2, 0.25) is 0 Å². The number of nitrogens with zero attached hydrogens (tertiary/aromatic N) is 2. The summed E-state index contributed by atoms with van der Waals surface area (Å²) >= 11 is 0. The molecule has 0 saturated heterocycles. The van der Waals surface area contributed by atoms with Gasteiger partial charge >= 0.3 is 0 Å².